The van der Waals surface area contributed by atoms with E-state index in [2.05, 4.69) is 23.6 Å². The SMILES string of the molecule is COCCNC(=O)c1ccc2c(c1)[C@H](Nc1ccc(C#N)cc1)[C@@H](C)[C@H](C1CC1)N2C(C)=O. The highest BCUT2D eigenvalue weighted by molar-refractivity contribution is 5.98. The van der Waals surface area contributed by atoms with Crippen molar-refractivity contribution in [2.45, 2.75) is 38.8 Å². The van der Waals surface area contributed by atoms with Crippen LogP contribution < -0.4 is 15.5 Å². The van der Waals surface area contributed by atoms with Gasteiger partial charge in [0.25, 0.3) is 5.91 Å². The molecule has 2 aliphatic rings. The van der Waals surface area contributed by atoms with Gasteiger partial charge in [-0.25, -0.2) is 0 Å². The summed E-state index contributed by atoms with van der Waals surface area (Å²) in [6.07, 6.45) is 2.25. The van der Waals surface area contributed by atoms with Crippen molar-refractivity contribution < 1.29 is 14.3 Å². The van der Waals surface area contributed by atoms with Gasteiger partial charge in [-0.1, -0.05) is 6.92 Å². The van der Waals surface area contributed by atoms with Crippen molar-refractivity contribution in [3.05, 3.63) is 59.2 Å². The molecule has 4 rings (SSSR count). The minimum atomic E-state index is -0.168. The van der Waals surface area contributed by atoms with Crippen LogP contribution in [0.25, 0.3) is 0 Å². The Morgan fingerprint density at radius 3 is 2.52 bits per heavy atom. The monoisotopic (exact) mass is 446 g/mol. The zero-order valence-corrected chi connectivity index (χ0v) is 19.3. The summed E-state index contributed by atoms with van der Waals surface area (Å²) in [6, 6.07) is 15.1. The van der Waals surface area contributed by atoms with Gasteiger partial charge in [0.05, 0.1) is 24.3 Å². The first-order valence-electron chi connectivity index (χ1n) is 11.4. The molecule has 0 saturated heterocycles. The van der Waals surface area contributed by atoms with Gasteiger partial charge in [-0.05, 0) is 66.8 Å². The number of nitrogens with zero attached hydrogens (tertiary/aromatic N) is 2. The number of amides is 2. The number of anilines is 2. The van der Waals surface area contributed by atoms with E-state index in [1.54, 1.807) is 32.2 Å². The number of methoxy groups -OCH3 is 1. The smallest absolute Gasteiger partial charge is 0.251 e. The average molecular weight is 447 g/mol. The van der Waals surface area contributed by atoms with Gasteiger partial charge in [-0.2, -0.15) is 5.26 Å². The van der Waals surface area contributed by atoms with Crippen molar-refractivity contribution >= 4 is 23.2 Å². The highest BCUT2D eigenvalue weighted by atomic mass is 16.5. The van der Waals surface area contributed by atoms with Crippen molar-refractivity contribution in [3.63, 3.8) is 0 Å². The van der Waals surface area contributed by atoms with E-state index in [1.807, 2.05) is 29.2 Å². The maximum atomic E-state index is 12.8. The maximum Gasteiger partial charge on any atom is 0.251 e. The molecule has 2 aromatic rings. The van der Waals surface area contributed by atoms with Crippen LogP contribution >= 0.6 is 0 Å². The molecule has 1 heterocycles. The number of carbonyl (C=O) groups is 2. The molecule has 1 aliphatic heterocycles. The fourth-order valence-electron chi connectivity index (χ4n) is 4.90. The number of benzene rings is 2. The van der Waals surface area contributed by atoms with E-state index >= 15 is 0 Å². The third-order valence-corrected chi connectivity index (χ3v) is 6.62. The molecule has 7 nitrogen and oxygen atoms in total. The number of nitriles is 1. The van der Waals surface area contributed by atoms with Crippen LogP contribution in [0.5, 0.6) is 0 Å². The van der Waals surface area contributed by atoms with Crippen molar-refractivity contribution in [1.82, 2.24) is 5.32 Å². The van der Waals surface area contributed by atoms with Crippen molar-refractivity contribution in [3.8, 4) is 6.07 Å². The van der Waals surface area contributed by atoms with E-state index in [9.17, 15) is 9.59 Å². The molecule has 0 aromatic heterocycles. The Balaban J connectivity index is 1.73. The lowest BCUT2D eigenvalue weighted by Gasteiger charge is -2.46. The van der Waals surface area contributed by atoms with Crippen molar-refractivity contribution in [2.24, 2.45) is 11.8 Å². The Morgan fingerprint density at radius 2 is 1.91 bits per heavy atom. The summed E-state index contributed by atoms with van der Waals surface area (Å²) in [5.41, 5.74) is 3.84. The van der Waals surface area contributed by atoms with Gasteiger partial charge in [0.1, 0.15) is 0 Å². The van der Waals surface area contributed by atoms with Gasteiger partial charge in [-0.3, -0.25) is 9.59 Å². The Kier molecular flexibility index (Phi) is 6.66. The van der Waals surface area contributed by atoms with Crippen LogP contribution in [0.15, 0.2) is 42.5 Å². The van der Waals surface area contributed by atoms with E-state index in [-0.39, 0.29) is 29.8 Å². The Hall–Kier alpha value is -3.37. The molecular formula is C26H30N4O3. The van der Waals surface area contributed by atoms with E-state index in [0.29, 0.717) is 30.2 Å². The van der Waals surface area contributed by atoms with Gasteiger partial charge in [0.2, 0.25) is 5.91 Å². The summed E-state index contributed by atoms with van der Waals surface area (Å²) in [6.45, 7) is 4.66. The van der Waals surface area contributed by atoms with E-state index < -0.39 is 0 Å². The standard InChI is InChI=1S/C26H30N4O3/c1-16-24(29-21-9-4-18(15-27)5-10-21)22-14-20(26(32)28-12-13-33-3)8-11-23(22)30(17(2)31)25(16)19-6-7-19/h4-5,8-11,14,16,19,24-25,29H,6-7,12-13H2,1-3H3,(H,28,32)/t16-,24-,25-/m1/s1. The van der Waals surface area contributed by atoms with Gasteiger partial charge >= 0.3 is 0 Å². The summed E-state index contributed by atoms with van der Waals surface area (Å²) in [5, 5.41) is 15.6. The third kappa shape index (κ3) is 4.71. The molecule has 1 aliphatic carbocycles. The normalized spacial score (nSPS) is 21.6. The molecule has 0 unspecified atom stereocenters. The second-order valence-corrected chi connectivity index (χ2v) is 8.91. The molecule has 3 atom stereocenters. The molecular weight excluding hydrogens is 416 g/mol. The van der Waals surface area contributed by atoms with E-state index in [4.69, 9.17) is 10.00 Å². The first-order chi connectivity index (χ1) is 15.9. The summed E-state index contributed by atoms with van der Waals surface area (Å²) < 4.78 is 5.02. The molecule has 2 aromatic carbocycles. The molecule has 1 fully saturated rings. The van der Waals surface area contributed by atoms with E-state index in [0.717, 1.165) is 29.8 Å². The first kappa shape index (κ1) is 22.8. The number of rotatable bonds is 7. The molecule has 1 saturated carbocycles. The van der Waals surface area contributed by atoms with Gasteiger partial charge < -0.3 is 20.3 Å². The molecule has 172 valence electrons. The molecule has 0 radical (unpaired) electrons. The second kappa shape index (κ2) is 9.63. The van der Waals surface area contributed by atoms with Gasteiger partial charge in [0, 0.05) is 49.5 Å². The summed E-state index contributed by atoms with van der Waals surface area (Å²) in [7, 11) is 1.60. The minimum Gasteiger partial charge on any atom is -0.383 e. The zero-order chi connectivity index (χ0) is 23.5. The molecule has 0 spiro atoms. The first-order valence-corrected chi connectivity index (χ1v) is 11.4. The highest BCUT2D eigenvalue weighted by Gasteiger charge is 2.47. The molecule has 0 bridgehead atoms. The van der Waals surface area contributed by atoms with Crippen LogP contribution in [0.1, 0.15) is 54.2 Å². The Morgan fingerprint density at radius 1 is 1.18 bits per heavy atom. The second-order valence-electron chi connectivity index (χ2n) is 8.91. The lowest BCUT2D eigenvalue weighted by molar-refractivity contribution is -0.117. The summed E-state index contributed by atoms with van der Waals surface area (Å²) >= 11 is 0. The fourth-order valence-corrected chi connectivity index (χ4v) is 4.90. The largest absolute Gasteiger partial charge is 0.383 e. The summed E-state index contributed by atoms with van der Waals surface area (Å²) in [5.74, 6) is 0.475. The van der Waals surface area contributed by atoms with Crippen LogP contribution in [0, 0.1) is 23.2 Å². The number of hydrogen-bond acceptors (Lipinski definition) is 5. The van der Waals surface area contributed by atoms with Crippen LogP contribution in [0.4, 0.5) is 11.4 Å². The number of hydrogen-bond donors (Lipinski definition) is 2. The fraction of sp³-hybridized carbons (Fsp3) is 0.423. The van der Waals surface area contributed by atoms with Crippen LogP contribution in [-0.2, 0) is 9.53 Å². The number of ether oxygens (including phenoxy) is 1. The Bertz CT molecular complexity index is 1070. The average Bonchev–Trinajstić information content (AvgIpc) is 3.65. The van der Waals surface area contributed by atoms with Crippen LogP contribution in [-0.4, -0.2) is 38.1 Å². The number of nitrogens with one attached hydrogen (secondary N) is 2. The molecule has 2 N–H and O–H groups in total. The highest BCUT2D eigenvalue weighted by Crippen LogP contribution is 2.50. The molecule has 33 heavy (non-hydrogen) atoms. The molecule has 2 amide bonds. The third-order valence-electron chi connectivity index (χ3n) is 6.62. The number of carbonyl (C=O) groups excluding carboxylic acids is 2. The predicted molar refractivity (Wildman–Crippen MR) is 127 cm³/mol. The lowest BCUT2D eigenvalue weighted by Crippen LogP contribution is -2.51. The predicted octanol–water partition coefficient (Wildman–Crippen LogP) is 3.87. The zero-order valence-electron chi connectivity index (χ0n) is 19.3. The maximum absolute atomic E-state index is 12.8. The quantitative estimate of drug-likeness (QED) is 0.630. The van der Waals surface area contributed by atoms with Crippen LogP contribution in [0.3, 0.4) is 0 Å². The van der Waals surface area contributed by atoms with E-state index in [1.165, 1.54) is 0 Å². The number of fused-ring (bicyclic) bond motifs is 1. The summed E-state index contributed by atoms with van der Waals surface area (Å²) in [4.78, 5) is 27.4. The van der Waals surface area contributed by atoms with Crippen LogP contribution in [0.2, 0.25) is 0 Å². The van der Waals surface area contributed by atoms with Crippen molar-refractivity contribution in [2.75, 3.05) is 30.5 Å². The molecule has 7 heteroatoms. The lowest BCUT2D eigenvalue weighted by atomic mass is 9.79. The topological polar surface area (TPSA) is 94.5 Å². The van der Waals surface area contributed by atoms with Gasteiger partial charge in [-0.15, -0.1) is 0 Å². The van der Waals surface area contributed by atoms with Gasteiger partial charge in [0.15, 0.2) is 0 Å². The van der Waals surface area contributed by atoms with Crippen molar-refractivity contribution in [1.29, 1.82) is 5.26 Å². The minimum absolute atomic E-state index is 0.0223. The Labute approximate surface area is 194 Å².